The van der Waals surface area contributed by atoms with E-state index in [0.29, 0.717) is 11.4 Å². The summed E-state index contributed by atoms with van der Waals surface area (Å²) in [5.41, 5.74) is 2.83. The van der Waals surface area contributed by atoms with Crippen LogP contribution >= 0.6 is 0 Å². The molecular formula is C22H21F3N6O. The van der Waals surface area contributed by atoms with Gasteiger partial charge in [0.05, 0.1) is 17.3 Å². The number of hydrogen-bond donors (Lipinski definition) is 2. The summed E-state index contributed by atoms with van der Waals surface area (Å²) in [5, 5.41) is 6.91. The molecule has 0 radical (unpaired) electrons. The molecule has 4 aromatic heterocycles. The van der Waals surface area contributed by atoms with Gasteiger partial charge in [0.25, 0.3) is 5.91 Å². The van der Waals surface area contributed by atoms with Gasteiger partial charge >= 0.3 is 6.18 Å². The Morgan fingerprint density at radius 2 is 2.16 bits per heavy atom. The highest BCUT2D eigenvalue weighted by atomic mass is 19.4. The molecule has 0 spiro atoms. The minimum Gasteiger partial charge on any atom is -0.345 e. The number of fused-ring (bicyclic) bond motifs is 2. The van der Waals surface area contributed by atoms with Crippen LogP contribution in [0.3, 0.4) is 0 Å². The summed E-state index contributed by atoms with van der Waals surface area (Å²) in [5.74, 6) is 0.653. The average Bonchev–Trinajstić information content (AvgIpc) is 3.33. The normalized spacial score (nSPS) is 15.8. The van der Waals surface area contributed by atoms with Gasteiger partial charge in [-0.05, 0) is 30.5 Å². The van der Waals surface area contributed by atoms with Crippen LogP contribution < -0.4 is 5.32 Å². The zero-order chi connectivity index (χ0) is 22.5. The van der Waals surface area contributed by atoms with E-state index in [-0.39, 0.29) is 5.56 Å². The minimum absolute atomic E-state index is 0.0711. The van der Waals surface area contributed by atoms with Gasteiger partial charge in [-0.2, -0.15) is 18.3 Å². The molecule has 0 unspecified atom stereocenters. The van der Waals surface area contributed by atoms with E-state index in [1.54, 1.807) is 18.5 Å². The van der Waals surface area contributed by atoms with Crippen molar-refractivity contribution in [2.24, 2.45) is 5.92 Å². The van der Waals surface area contributed by atoms with Gasteiger partial charge in [-0.3, -0.25) is 4.79 Å². The number of nitrogens with zero attached hydrogens (tertiary/aromatic N) is 4. The Bertz CT molecular complexity index is 1300. The highest BCUT2D eigenvalue weighted by Gasteiger charge is 2.37. The van der Waals surface area contributed by atoms with E-state index < -0.39 is 18.1 Å². The van der Waals surface area contributed by atoms with Crippen LogP contribution in [0.2, 0.25) is 0 Å². The molecule has 1 atom stereocenters. The number of halogens is 3. The van der Waals surface area contributed by atoms with Crippen molar-refractivity contribution in [3.63, 3.8) is 0 Å². The number of pyridine rings is 1. The molecule has 10 heteroatoms. The first kappa shape index (κ1) is 20.5. The summed E-state index contributed by atoms with van der Waals surface area (Å²) >= 11 is 0. The number of rotatable bonds is 5. The number of aromatic nitrogens is 5. The van der Waals surface area contributed by atoms with Gasteiger partial charge in [0.2, 0.25) is 0 Å². The van der Waals surface area contributed by atoms with Crippen LogP contribution in [-0.2, 0) is 6.42 Å². The summed E-state index contributed by atoms with van der Waals surface area (Å²) in [6.07, 6.45) is 6.61. The lowest BCUT2D eigenvalue weighted by Gasteiger charge is -2.24. The third kappa shape index (κ3) is 3.69. The van der Waals surface area contributed by atoms with Crippen molar-refractivity contribution in [1.29, 1.82) is 0 Å². The predicted octanol–water partition coefficient (Wildman–Crippen LogP) is 4.30. The fraction of sp³-hybridized carbons (Fsp3) is 0.364. The van der Waals surface area contributed by atoms with Gasteiger partial charge in [0.15, 0.2) is 0 Å². The lowest BCUT2D eigenvalue weighted by Crippen LogP contribution is -2.43. The maximum atomic E-state index is 12.8. The van der Waals surface area contributed by atoms with Crippen LogP contribution in [0.15, 0.2) is 36.9 Å². The third-order valence-corrected chi connectivity index (χ3v) is 6.09. The van der Waals surface area contributed by atoms with Crippen molar-refractivity contribution in [2.45, 2.75) is 44.8 Å². The third-order valence-electron chi connectivity index (χ3n) is 6.09. The second-order valence-electron chi connectivity index (χ2n) is 8.29. The molecule has 4 aromatic rings. The van der Waals surface area contributed by atoms with Gasteiger partial charge in [-0.1, -0.05) is 19.3 Å². The SMILES string of the molecule is C[C@@H](NC(=O)c1cnn2ccc(-c3c[nH]c4nc(CC5CCC5)ncc34)cc12)C(F)(F)F. The lowest BCUT2D eigenvalue weighted by molar-refractivity contribution is -0.149. The number of hydrogen-bond acceptors (Lipinski definition) is 4. The molecule has 1 saturated carbocycles. The second-order valence-corrected chi connectivity index (χ2v) is 8.29. The average molecular weight is 442 g/mol. The first-order chi connectivity index (χ1) is 15.3. The molecule has 5 rings (SSSR count). The smallest absolute Gasteiger partial charge is 0.345 e. The number of carbonyl (C=O) groups excluding carboxylic acids is 1. The molecule has 0 aromatic carbocycles. The van der Waals surface area contributed by atoms with Crippen molar-refractivity contribution in [3.8, 4) is 11.1 Å². The summed E-state index contributed by atoms with van der Waals surface area (Å²) in [6.45, 7) is 0.903. The number of aromatic amines is 1. The summed E-state index contributed by atoms with van der Waals surface area (Å²) < 4.78 is 40.0. The molecule has 7 nitrogen and oxygen atoms in total. The van der Waals surface area contributed by atoms with Gasteiger partial charge in [0.1, 0.15) is 17.5 Å². The summed E-state index contributed by atoms with van der Waals surface area (Å²) in [7, 11) is 0. The van der Waals surface area contributed by atoms with Crippen LogP contribution in [0, 0.1) is 5.92 Å². The highest BCUT2D eigenvalue weighted by Crippen LogP contribution is 2.31. The Morgan fingerprint density at radius 1 is 1.34 bits per heavy atom. The highest BCUT2D eigenvalue weighted by molar-refractivity contribution is 6.02. The molecule has 0 saturated heterocycles. The maximum absolute atomic E-state index is 12.8. The molecule has 1 aliphatic rings. The number of H-pyrrole nitrogens is 1. The standard InChI is InChI=1S/C22H21F3N6O/c1-12(22(23,24)25)29-21(32)17-11-28-31-6-5-14(8-18(17)31)15-9-27-20-16(15)10-26-19(30-20)7-13-3-2-4-13/h5-6,8-13H,2-4,7H2,1H3,(H,29,32)(H,26,27,30)/t12-/m1/s1. The van der Waals surface area contributed by atoms with Crippen LogP contribution in [0.1, 0.15) is 42.4 Å². The summed E-state index contributed by atoms with van der Waals surface area (Å²) in [4.78, 5) is 24.8. The summed E-state index contributed by atoms with van der Waals surface area (Å²) in [6, 6.07) is 1.59. The molecule has 32 heavy (non-hydrogen) atoms. The first-order valence-electron chi connectivity index (χ1n) is 10.5. The van der Waals surface area contributed by atoms with Crippen molar-refractivity contribution in [1.82, 2.24) is 29.9 Å². The van der Waals surface area contributed by atoms with Crippen molar-refractivity contribution < 1.29 is 18.0 Å². The maximum Gasteiger partial charge on any atom is 0.408 e. The Hall–Kier alpha value is -3.43. The van der Waals surface area contributed by atoms with E-state index in [0.717, 1.165) is 41.3 Å². The van der Waals surface area contributed by atoms with Gasteiger partial charge in [-0.15, -0.1) is 0 Å². The van der Waals surface area contributed by atoms with E-state index in [4.69, 9.17) is 0 Å². The Kier molecular flexibility index (Phi) is 4.87. The van der Waals surface area contributed by atoms with Crippen LogP contribution in [0.5, 0.6) is 0 Å². The topological polar surface area (TPSA) is 88.0 Å². The monoisotopic (exact) mass is 442 g/mol. The van der Waals surface area contributed by atoms with Crippen molar-refractivity contribution in [2.75, 3.05) is 0 Å². The molecule has 1 aliphatic carbocycles. The van der Waals surface area contributed by atoms with E-state index in [2.05, 4.69) is 20.1 Å². The Morgan fingerprint density at radius 3 is 2.88 bits per heavy atom. The number of amides is 1. The van der Waals surface area contributed by atoms with E-state index in [1.807, 2.05) is 17.6 Å². The van der Waals surface area contributed by atoms with Crippen LogP contribution in [-0.4, -0.2) is 42.7 Å². The molecular weight excluding hydrogens is 421 g/mol. The Labute approximate surface area is 181 Å². The first-order valence-corrected chi connectivity index (χ1v) is 10.5. The molecule has 1 amide bonds. The van der Waals surface area contributed by atoms with Crippen LogP contribution in [0.4, 0.5) is 13.2 Å². The van der Waals surface area contributed by atoms with Crippen molar-refractivity contribution >= 4 is 22.5 Å². The van der Waals surface area contributed by atoms with Gasteiger partial charge in [0, 0.05) is 36.0 Å². The fourth-order valence-electron chi connectivity index (χ4n) is 3.92. The Balaban J connectivity index is 1.46. The molecule has 4 heterocycles. The number of carbonyl (C=O) groups is 1. The molecule has 0 aliphatic heterocycles. The molecule has 0 bridgehead atoms. The number of alkyl halides is 3. The largest absolute Gasteiger partial charge is 0.408 e. The van der Waals surface area contributed by atoms with Crippen LogP contribution in [0.25, 0.3) is 27.7 Å². The number of nitrogens with one attached hydrogen (secondary N) is 2. The zero-order valence-corrected chi connectivity index (χ0v) is 17.3. The molecule has 166 valence electrons. The van der Waals surface area contributed by atoms with E-state index >= 15 is 0 Å². The zero-order valence-electron chi connectivity index (χ0n) is 17.3. The molecule has 2 N–H and O–H groups in total. The minimum atomic E-state index is -4.52. The lowest BCUT2D eigenvalue weighted by atomic mass is 9.83. The van der Waals surface area contributed by atoms with E-state index in [1.165, 1.54) is 30.0 Å². The van der Waals surface area contributed by atoms with Gasteiger partial charge in [-0.25, -0.2) is 14.5 Å². The predicted molar refractivity (Wildman–Crippen MR) is 112 cm³/mol. The second kappa shape index (κ2) is 7.61. The fourth-order valence-corrected chi connectivity index (χ4v) is 3.92. The van der Waals surface area contributed by atoms with Gasteiger partial charge < -0.3 is 10.3 Å². The van der Waals surface area contributed by atoms with Crippen molar-refractivity contribution in [3.05, 3.63) is 48.3 Å². The quantitative estimate of drug-likeness (QED) is 0.483. The van der Waals surface area contributed by atoms with E-state index in [9.17, 15) is 18.0 Å². The molecule has 1 fully saturated rings.